The summed E-state index contributed by atoms with van der Waals surface area (Å²) in [5.41, 5.74) is 0.534. The van der Waals surface area contributed by atoms with Crippen LogP contribution in [-0.2, 0) is 16.1 Å². The topological polar surface area (TPSA) is 55.2 Å². The van der Waals surface area contributed by atoms with E-state index in [1.54, 1.807) is 0 Å². The molecule has 0 saturated carbocycles. The average molecular weight is 224 g/mol. The zero-order chi connectivity index (χ0) is 10.1. The van der Waals surface area contributed by atoms with Gasteiger partial charge in [-0.15, -0.1) is 11.6 Å². The van der Waals surface area contributed by atoms with E-state index in [-0.39, 0.29) is 5.88 Å². The number of hydrogen-bond donors (Lipinski definition) is 0. The van der Waals surface area contributed by atoms with Crippen LogP contribution in [0.3, 0.4) is 0 Å². The number of rotatable bonds is 3. The van der Waals surface area contributed by atoms with Crippen LogP contribution in [0, 0.1) is 0 Å². The van der Waals surface area contributed by atoms with Gasteiger partial charge in [0.1, 0.15) is 6.33 Å². The third kappa shape index (κ3) is 2.01. The van der Waals surface area contributed by atoms with Crippen molar-refractivity contribution in [1.82, 2.24) is 13.3 Å². The molecular weight excluding hydrogens is 214 g/mol. The molecule has 1 rings (SSSR count). The molecule has 0 aliphatic carbocycles. The van der Waals surface area contributed by atoms with Crippen LogP contribution in [0.25, 0.3) is 0 Å². The smallest absolute Gasteiger partial charge is 0.239 e. The molecule has 1 aromatic rings. The molecule has 0 radical (unpaired) electrons. The lowest BCUT2D eigenvalue weighted by molar-refractivity contribution is 0.510. The summed E-state index contributed by atoms with van der Waals surface area (Å²) in [5, 5.41) is 0. The molecule has 7 heteroatoms. The normalized spacial score (nSPS) is 12.3. The Morgan fingerprint density at radius 1 is 1.62 bits per heavy atom. The van der Waals surface area contributed by atoms with E-state index >= 15 is 0 Å². The number of imidazole rings is 1. The highest BCUT2D eigenvalue weighted by atomic mass is 35.5. The van der Waals surface area contributed by atoms with E-state index in [0.717, 1.165) is 8.28 Å². The summed E-state index contributed by atoms with van der Waals surface area (Å²) in [6.07, 6.45) is 2.62. The van der Waals surface area contributed by atoms with Crippen LogP contribution in [0.4, 0.5) is 0 Å². The maximum Gasteiger partial charge on any atom is 0.308 e. The molecule has 5 nitrogen and oxygen atoms in total. The van der Waals surface area contributed by atoms with Crippen molar-refractivity contribution in [3.05, 3.63) is 18.2 Å². The Morgan fingerprint density at radius 3 is 2.62 bits per heavy atom. The summed E-state index contributed by atoms with van der Waals surface area (Å²) in [4.78, 5) is 3.81. The van der Waals surface area contributed by atoms with E-state index in [4.69, 9.17) is 11.6 Å². The van der Waals surface area contributed by atoms with Crippen LogP contribution >= 0.6 is 11.6 Å². The number of hydrogen-bond acceptors (Lipinski definition) is 3. The fraction of sp³-hybridized carbons (Fsp3) is 0.500. The van der Waals surface area contributed by atoms with Crippen molar-refractivity contribution in [2.24, 2.45) is 0 Å². The third-order valence-corrected chi connectivity index (χ3v) is 3.41. The molecule has 13 heavy (non-hydrogen) atoms. The molecular formula is C6H10ClN3O2S. The highest BCUT2D eigenvalue weighted by Gasteiger charge is 2.15. The monoisotopic (exact) mass is 223 g/mol. The standard InChI is InChI=1S/C6H10ClN3O2S/c1-9(2)13(11,12)10-4-6(3-7)8-5-10/h4-5H,3H2,1-2H3. The molecule has 0 saturated heterocycles. The summed E-state index contributed by atoms with van der Waals surface area (Å²) in [5.74, 6) is 0.204. The summed E-state index contributed by atoms with van der Waals surface area (Å²) < 4.78 is 25.1. The van der Waals surface area contributed by atoms with Crippen LogP contribution in [0.1, 0.15) is 5.69 Å². The van der Waals surface area contributed by atoms with Crippen molar-refractivity contribution in [2.45, 2.75) is 5.88 Å². The first kappa shape index (κ1) is 10.5. The molecule has 0 aliphatic rings. The van der Waals surface area contributed by atoms with E-state index in [2.05, 4.69) is 4.98 Å². The average Bonchev–Trinajstić information content (AvgIpc) is 2.51. The number of aromatic nitrogens is 2. The Hall–Kier alpha value is -0.590. The van der Waals surface area contributed by atoms with Gasteiger partial charge in [-0.05, 0) is 0 Å². The summed E-state index contributed by atoms with van der Waals surface area (Å²) >= 11 is 5.49. The molecule has 1 heterocycles. The first-order valence-electron chi connectivity index (χ1n) is 3.50. The molecule has 74 valence electrons. The fourth-order valence-corrected chi connectivity index (χ4v) is 1.66. The molecule has 0 atom stereocenters. The van der Waals surface area contributed by atoms with Crippen molar-refractivity contribution in [1.29, 1.82) is 0 Å². The Balaban J connectivity index is 3.09. The van der Waals surface area contributed by atoms with Gasteiger partial charge in [0.05, 0.1) is 11.6 Å². The van der Waals surface area contributed by atoms with Gasteiger partial charge in [-0.2, -0.15) is 12.7 Å². The van der Waals surface area contributed by atoms with Gasteiger partial charge in [0.15, 0.2) is 0 Å². The van der Waals surface area contributed by atoms with Crippen molar-refractivity contribution in [3.8, 4) is 0 Å². The van der Waals surface area contributed by atoms with Crippen LogP contribution in [-0.4, -0.2) is 35.8 Å². The van der Waals surface area contributed by atoms with Gasteiger partial charge < -0.3 is 0 Å². The van der Waals surface area contributed by atoms with Crippen molar-refractivity contribution in [3.63, 3.8) is 0 Å². The zero-order valence-corrected chi connectivity index (χ0v) is 8.88. The maximum atomic E-state index is 11.5. The Kier molecular flexibility index (Phi) is 2.94. The predicted molar refractivity (Wildman–Crippen MR) is 49.8 cm³/mol. The molecule has 0 spiro atoms. The minimum atomic E-state index is -3.44. The quantitative estimate of drug-likeness (QED) is 0.692. The van der Waals surface area contributed by atoms with E-state index in [1.807, 2.05) is 0 Å². The first-order chi connectivity index (χ1) is 5.98. The predicted octanol–water partition coefficient (Wildman–Crippen LogP) is 0.276. The van der Waals surface area contributed by atoms with Crippen molar-refractivity contribution >= 4 is 21.8 Å². The lowest BCUT2D eigenvalue weighted by atomic mass is 10.6. The SMILES string of the molecule is CN(C)S(=O)(=O)n1cnc(CCl)c1. The second-order valence-corrected chi connectivity index (χ2v) is 4.93. The molecule has 0 N–H and O–H groups in total. The number of alkyl halides is 1. The lowest BCUT2D eigenvalue weighted by Crippen LogP contribution is -2.27. The summed E-state index contributed by atoms with van der Waals surface area (Å²) in [6.45, 7) is 0. The van der Waals surface area contributed by atoms with E-state index in [9.17, 15) is 8.42 Å². The van der Waals surface area contributed by atoms with Gasteiger partial charge in [-0.3, -0.25) is 0 Å². The van der Waals surface area contributed by atoms with Crippen LogP contribution < -0.4 is 0 Å². The molecule has 0 aromatic carbocycles. The van der Waals surface area contributed by atoms with Gasteiger partial charge in [-0.25, -0.2) is 8.96 Å². The minimum absolute atomic E-state index is 0.204. The maximum absolute atomic E-state index is 11.5. The minimum Gasteiger partial charge on any atom is -0.239 e. The number of halogens is 1. The summed E-state index contributed by atoms with van der Waals surface area (Å²) in [6, 6.07) is 0. The van der Waals surface area contributed by atoms with Crippen molar-refractivity contribution in [2.75, 3.05) is 14.1 Å². The Morgan fingerprint density at radius 2 is 2.23 bits per heavy atom. The molecule has 0 amide bonds. The number of nitrogens with zero attached hydrogens (tertiary/aromatic N) is 3. The van der Waals surface area contributed by atoms with E-state index in [0.29, 0.717) is 5.69 Å². The van der Waals surface area contributed by atoms with Crippen LogP contribution in [0.2, 0.25) is 0 Å². The van der Waals surface area contributed by atoms with Gasteiger partial charge in [0.25, 0.3) is 0 Å². The fourth-order valence-electron chi connectivity index (χ4n) is 0.728. The van der Waals surface area contributed by atoms with Gasteiger partial charge in [0, 0.05) is 20.3 Å². The first-order valence-corrected chi connectivity index (χ1v) is 5.43. The lowest BCUT2D eigenvalue weighted by Gasteiger charge is -2.10. The zero-order valence-electron chi connectivity index (χ0n) is 7.31. The van der Waals surface area contributed by atoms with Crippen LogP contribution in [0.15, 0.2) is 12.5 Å². The summed E-state index contributed by atoms with van der Waals surface area (Å²) in [7, 11) is -0.529. The largest absolute Gasteiger partial charge is 0.308 e. The van der Waals surface area contributed by atoms with Crippen LogP contribution in [0.5, 0.6) is 0 Å². The highest BCUT2D eigenvalue weighted by molar-refractivity contribution is 7.87. The third-order valence-electron chi connectivity index (χ3n) is 1.48. The molecule has 0 unspecified atom stereocenters. The van der Waals surface area contributed by atoms with Crippen molar-refractivity contribution < 1.29 is 8.42 Å². The molecule has 0 fully saturated rings. The molecule has 0 aliphatic heterocycles. The second kappa shape index (κ2) is 3.65. The molecule has 0 bridgehead atoms. The second-order valence-electron chi connectivity index (χ2n) is 2.62. The van der Waals surface area contributed by atoms with Gasteiger partial charge in [-0.1, -0.05) is 0 Å². The Bertz CT molecular complexity index is 384. The Labute approximate surface area is 82.1 Å². The molecule has 1 aromatic heterocycles. The van der Waals surface area contributed by atoms with E-state index in [1.165, 1.54) is 26.6 Å². The highest BCUT2D eigenvalue weighted by Crippen LogP contribution is 2.05. The van der Waals surface area contributed by atoms with Gasteiger partial charge >= 0.3 is 10.2 Å². The van der Waals surface area contributed by atoms with Gasteiger partial charge in [0.2, 0.25) is 0 Å². The van der Waals surface area contributed by atoms with E-state index < -0.39 is 10.2 Å².